The predicted octanol–water partition coefficient (Wildman–Crippen LogP) is 1.86. The third kappa shape index (κ3) is 3.60. The molecule has 0 aliphatic carbocycles. The molecule has 0 spiro atoms. The van der Waals surface area contributed by atoms with E-state index in [-0.39, 0.29) is 18.5 Å². The van der Waals surface area contributed by atoms with Gasteiger partial charge in [-0.2, -0.15) is 0 Å². The number of benzene rings is 2. The van der Waals surface area contributed by atoms with Crippen molar-refractivity contribution in [1.82, 2.24) is 10.6 Å². The summed E-state index contributed by atoms with van der Waals surface area (Å²) in [7, 11) is 0. The van der Waals surface area contributed by atoms with Gasteiger partial charge in [-0.05, 0) is 35.6 Å². The molecule has 0 radical (unpaired) electrons. The Morgan fingerprint density at radius 2 is 1.91 bits per heavy atom. The Morgan fingerprint density at radius 1 is 1.22 bits per heavy atom. The van der Waals surface area contributed by atoms with Gasteiger partial charge in [0.15, 0.2) is 0 Å². The molecule has 1 amide bonds. The first-order chi connectivity index (χ1) is 11.1. The van der Waals surface area contributed by atoms with Crippen molar-refractivity contribution >= 4 is 5.91 Å². The fraction of sp³-hybridized carbons (Fsp3) is 0.316. The zero-order valence-corrected chi connectivity index (χ0v) is 13.3. The summed E-state index contributed by atoms with van der Waals surface area (Å²) in [5, 5.41) is 16.4. The standard InChI is InChI=1S/C19H22N2O2/c1-13-6-2-5-9-16(13)18(22)12-21-19(23)17-10-14-7-3-4-8-15(14)11-20-17/h2-9,17-18,20,22H,10-12H2,1H3,(H,21,23). The molecule has 1 heterocycles. The molecular formula is C19H22N2O2. The molecule has 0 bridgehead atoms. The second-order valence-electron chi connectivity index (χ2n) is 6.02. The Bertz CT molecular complexity index is 699. The van der Waals surface area contributed by atoms with Crippen LogP contribution >= 0.6 is 0 Å². The van der Waals surface area contributed by atoms with E-state index in [1.807, 2.05) is 43.3 Å². The van der Waals surface area contributed by atoms with Crippen LogP contribution in [0.25, 0.3) is 0 Å². The Labute approximate surface area is 136 Å². The van der Waals surface area contributed by atoms with Crippen LogP contribution in [0.15, 0.2) is 48.5 Å². The number of aliphatic hydroxyl groups is 1. The second-order valence-corrected chi connectivity index (χ2v) is 6.02. The van der Waals surface area contributed by atoms with Crippen LogP contribution in [0.1, 0.15) is 28.4 Å². The minimum absolute atomic E-state index is 0.0628. The van der Waals surface area contributed by atoms with E-state index >= 15 is 0 Å². The summed E-state index contributed by atoms with van der Waals surface area (Å²) in [6.45, 7) is 2.89. The summed E-state index contributed by atoms with van der Waals surface area (Å²) in [5.74, 6) is -0.0628. The third-order valence-electron chi connectivity index (χ3n) is 4.41. The molecule has 2 aromatic carbocycles. The highest BCUT2D eigenvalue weighted by molar-refractivity contribution is 5.82. The lowest BCUT2D eigenvalue weighted by Gasteiger charge is -2.26. The van der Waals surface area contributed by atoms with Crippen molar-refractivity contribution in [1.29, 1.82) is 0 Å². The summed E-state index contributed by atoms with van der Waals surface area (Å²) in [4.78, 5) is 12.3. The van der Waals surface area contributed by atoms with E-state index in [1.54, 1.807) is 0 Å². The van der Waals surface area contributed by atoms with Crippen LogP contribution in [0, 0.1) is 6.92 Å². The Balaban J connectivity index is 1.57. The fourth-order valence-electron chi connectivity index (χ4n) is 3.03. The molecule has 3 rings (SSSR count). The van der Waals surface area contributed by atoms with Gasteiger partial charge in [0.05, 0.1) is 12.1 Å². The second kappa shape index (κ2) is 6.94. The molecule has 2 atom stereocenters. The average molecular weight is 310 g/mol. The van der Waals surface area contributed by atoms with Crippen molar-refractivity contribution in [3.63, 3.8) is 0 Å². The first-order valence-electron chi connectivity index (χ1n) is 7.96. The normalized spacial score (nSPS) is 18.1. The molecule has 4 heteroatoms. The fourth-order valence-corrected chi connectivity index (χ4v) is 3.03. The highest BCUT2D eigenvalue weighted by Gasteiger charge is 2.24. The monoisotopic (exact) mass is 310 g/mol. The maximum absolute atomic E-state index is 12.3. The molecule has 0 fully saturated rings. The number of aliphatic hydroxyl groups excluding tert-OH is 1. The lowest BCUT2D eigenvalue weighted by molar-refractivity contribution is -0.123. The van der Waals surface area contributed by atoms with Gasteiger partial charge in [0, 0.05) is 13.1 Å². The third-order valence-corrected chi connectivity index (χ3v) is 4.41. The number of hydrogen-bond acceptors (Lipinski definition) is 3. The highest BCUT2D eigenvalue weighted by atomic mass is 16.3. The van der Waals surface area contributed by atoms with E-state index in [4.69, 9.17) is 0 Å². The van der Waals surface area contributed by atoms with Crippen LogP contribution < -0.4 is 10.6 Å². The van der Waals surface area contributed by atoms with Gasteiger partial charge in [-0.3, -0.25) is 4.79 Å². The van der Waals surface area contributed by atoms with E-state index in [0.29, 0.717) is 13.0 Å². The minimum atomic E-state index is -0.684. The molecule has 1 aliphatic rings. The summed E-state index contributed by atoms with van der Waals surface area (Å²) in [5.41, 5.74) is 4.34. The zero-order valence-electron chi connectivity index (χ0n) is 13.3. The number of fused-ring (bicyclic) bond motifs is 1. The maximum Gasteiger partial charge on any atom is 0.237 e. The van der Waals surface area contributed by atoms with E-state index in [1.165, 1.54) is 11.1 Å². The summed E-state index contributed by atoms with van der Waals surface area (Å²) in [6.07, 6.45) is -0.00123. The molecule has 2 unspecified atom stereocenters. The van der Waals surface area contributed by atoms with Gasteiger partial charge >= 0.3 is 0 Å². The molecule has 120 valence electrons. The van der Waals surface area contributed by atoms with Crippen LogP contribution in [0.5, 0.6) is 0 Å². The molecule has 1 aliphatic heterocycles. The van der Waals surface area contributed by atoms with Crippen LogP contribution in [-0.2, 0) is 17.8 Å². The topological polar surface area (TPSA) is 61.4 Å². The van der Waals surface area contributed by atoms with Crippen LogP contribution in [-0.4, -0.2) is 23.6 Å². The number of carbonyl (C=O) groups is 1. The van der Waals surface area contributed by atoms with E-state index < -0.39 is 6.10 Å². The summed E-state index contributed by atoms with van der Waals surface area (Å²) >= 11 is 0. The van der Waals surface area contributed by atoms with Crippen LogP contribution in [0.2, 0.25) is 0 Å². The van der Waals surface area contributed by atoms with Crippen molar-refractivity contribution in [2.75, 3.05) is 6.54 Å². The molecule has 3 N–H and O–H groups in total. The minimum Gasteiger partial charge on any atom is -0.387 e. The Morgan fingerprint density at radius 3 is 2.70 bits per heavy atom. The van der Waals surface area contributed by atoms with Crippen molar-refractivity contribution in [3.8, 4) is 0 Å². The van der Waals surface area contributed by atoms with Gasteiger partial charge in [-0.25, -0.2) is 0 Å². The van der Waals surface area contributed by atoms with Crippen molar-refractivity contribution in [2.45, 2.75) is 32.0 Å². The first-order valence-corrected chi connectivity index (χ1v) is 7.96. The summed E-state index contributed by atoms with van der Waals surface area (Å²) < 4.78 is 0. The predicted molar refractivity (Wildman–Crippen MR) is 89.9 cm³/mol. The number of rotatable bonds is 4. The van der Waals surface area contributed by atoms with E-state index in [9.17, 15) is 9.90 Å². The lowest BCUT2D eigenvalue weighted by Crippen LogP contribution is -2.48. The molecule has 0 saturated carbocycles. The zero-order chi connectivity index (χ0) is 16.2. The number of amides is 1. The molecule has 23 heavy (non-hydrogen) atoms. The molecule has 4 nitrogen and oxygen atoms in total. The number of hydrogen-bond donors (Lipinski definition) is 3. The quantitative estimate of drug-likeness (QED) is 0.808. The average Bonchev–Trinajstić information content (AvgIpc) is 2.59. The maximum atomic E-state index is 12.3. The van der Waals surface area contributed by atoms with E-state index in [2.05, 4.69) is 22.8 Å². The van der Waals surface area contributed by atoms with Gasteiger partial charge in [-0.1, -0.05) is 48.5 Å². The van der Waals surface area contributed by atoms with Crippen LogP contribution in [0.3, 0.4) is 0 Å². The Kier molecular flexibility index (Phi) is 4.74. The lowest BCUT2D eigenvalue weighted by atomic mass is 9.95. The van der Waals surface area contributed by atoms with Crippen molar-refractivity contribution in [3.05, 3.63) is 70.8 Å². The largest absolute Gasteiger partial charge is 0.387 e. The van der Waals surface area contributed by atoms with Crippen molar-refractivity contribution in [2.24, 2.45) is 0 Å². The molecular weight excluding hydrogens is 288 g/mol. The molecule has 0 aromatic heterocycles. The van der Waals surface area contributed by atoms with Gasteiger partial charge in [0.25, 0.3) is 0 Å². The highest BCUT2D eigenvalue weighted by Crippen LogP contribution is 2.18. The SMILES string of the molecule is Cc1ccccc1C(O)CNC(=O)C1Cc2ccccc2CN1. The van der Waals surface area contributed by atoms with Gasteiger partial charge in [0.2, 0.25) is 5.91 Å². The molecule has 2 aromatic rings. The van der Waals surface area contributed by atoms with Gasteiger partial charge in [-0.15, -0.1) is 0 Å². The number of aryl methyl sites for hydroxylation is 1. The van der Waals surface area contributed by atoms with E-state index in [0.717, 1.165) is 11.1 Å². The number of carbonyl (C=O) groups excluding carboxylic acids is 1. The first kappa shape index (κ1) is 15.7. The van der Waals surface area contributed by atoms with Gasteiger partial charge in [0.1, 0.15) is 0 Å². The smallest absolute Gasteiger partial charge is 0.237 e. The van der Waals surface area contributed by atoms with Gasteiger partial charge < -0.3 is 15.7 Å². The number of nitrogens with one attached hydrogen (secondary N) is 2. The van der Waals surface area contributed by atoms with Crippen LogP contribution in [0.4, 0.5) is 0 Å². The Hall–Kier alpha value is -2.17. The van der Waals surface area contributed by atoms with Crippen molar-refractivity contribution < 1.29 is 9.90 Å². The molecule has 0 saturated heterocycles. The summed E-state index contributed by atoms with van der Waals surface area (Å²) in [6, 6.07) is 15.6.